The fourth-order valence-corrected chi connectivity index (χ4v) is 8.98. The highest BCUT2D eigenvalue weighted by Crippen LogP contribution is 2.61. The number of hydrogen-bond donors (Lipinski definition) is 0. The number of allylic oxidation sites excluding steroid dienone is 3. The summed E-state index contributed by atoms with van der Waals surface area (Å²) in [7, 11) is 0. The van der Waals surface area contributed by atoms with Gasteiger partial charge in [-0.25, -0.2) is 9.59 Å². The average Bonchev–Trinajstić information content (AvgIpc) is 3.07. The van der Waals surface area contributed by atoms with Crippen molar-refractivity contribution in [3.05, 3.63) is 63.8 Å². The maximum Gasteiger partial charge on any atom is 0.348 e. The molecule has 8 rings (SSSR count). The summed E-state index contributed by atoms with van der Waals surface area (Å²) < 4.78 is 13.3. The van der Waals surface area contributed by atoms with Crippen molar-refractivity contribution < 1.29 is 19.1 Å². The number of carbonyl (C=O) groups excluding carboxylic acids is 2. The largest absolute Gasteiger partial charge is 0.418 e. The van der Waals surface area contributed by atoms with Crippen LogP contribution in [0.5, 0.6) is 0 Å². The second kappa shape index (κ2) is 8.70. The molecular weight excluding hydrogens is 554 g/mol. The van der Waals surface area contributed by atoms with Gasteiger partial charge in [0.1, 0.15) is 5.57 Å². The lowest BCUT2D eigenvalue weighted by Gasteiger charge is -2.59. The molecule has 39 heavy (non-hydrogen) atoms. The molecule has 2 heterocycles. The van der Waals surface area contributed by atoms with Crippen LogP contribution in [-0.2, 0) is 24.5 Å². The third-order valence-electron chi connectivity index (χ3n) is 9.98. The molecule has 4 aliphatic carbocycles. The second-order valence-corrected chi connectivity index (χ2v) is 14.3. The van der Waals surface area contributed by atoms with Crippen LogP contribution in [0.4, 0.5) is 5.69 Å². The normalized spacial score (nSPS) is 33.3. The molecule has 6 heteroatoms. The predicted octanol–water partition coefficient (Wildman–Crippen LogP) is 7.42. The summed E-state index contributed by atoms with van der Waals surface area (Å²) >= 11 is 3.61. The minimum absolute atomic E-state index is 0.00743. The van der Waals surface area contributed by atoms with Gasteiger partial charge in [-0.1, -0.05) is 55.8 Å². The number of esters is 2. The Labute approximate surface area is 238 Å². The van der Waals surface area contributed by atoms with Crippen molar-refractivity contribution in [2.75, 3.05) is 11.4 Å². The van der Waals surface area contributed by atoms with Crippen LogP contribution in [0.2, 0.25) is 0 Å². The lowest BCUT2D eigenvalue weighted by atomic mass is 9.53. The fraction of sp³-hybridized carbons (Fsp3) is 0.515. The highest BCUT2D eigenvalue weighted by molar-refractivity contribution is 9.10. The van der Waals surface area contributed by atoms with Crippen molar-refractivity contribution in [2.24, 2.45) is 29.6 Å². The van der Waals surface area contributed by atoms with Crippen LogP contribution in [0.1, 0.15) is 65.4 Å². The number of fused-ring (bicyclic) bond motifs is 3. The topological polar surface area (TPSA) is 55.8 Å². The highest BCUT2D eigenvalue weighted by Gasteiger charge is 2.64. The first-order chi connectivity index (χ1) is 18.6. The fourth-order valence-electron chi connectivity index (χ4n) is 8.60. The molecule has 2 aliphatic heterocycles. The molecule has 204 valence electrons. The van der Waals surface area contributed by atoms with Gasteiger partial charge < -0.3 is 14.4 Å². The van der Waals surface area contributed by atoms with Crippen LogP contribution >= 0.6 is 15.9 Å². The van der Waals surface area contributed by atoms with Gasteiger partial charge >= 0.3 is 11.9 Å². The Bertz CT molecular complexity index is 1420. The maximum atomic E-state index is 13.4. The highest BCUT2D eigenvalue weighted by atomic mass is 79.9. The number of anilines is 1. The van der Waals surface area contributed by atoms with E-state index in [0.29, 0.717) is 17.8 Å². The van der Waals surface area contributed by atoms with Crippen molar-refractivity contribution in [1.29, 1.82) is 0 Å². The molecular formula is C33H36BrNO4. The smallest absolute Gasteiger partial charge is 0.348 e. The Hall–Kier alpha value is -2.60. The summed E-state index contributed by atoms with van der Waals surface area (Å²) in [6, 6.07) is 10.8. The second-order valence-electron chi connectivity index (χ2n) is 13.4. The third kappa shape index (κ3) is 3.77. The molecule has 1 spiro atoms. The van der Waals surface area contributed by atoms with Gasteiger partial charge in [-0.2, -0.15) is 0 Å². The molecule has 0 amide bonds. The van der Waals surface area contributed by atoms with Crippen LogP contribution in [0, 0.1) is 29.6 Å². The molecule has 2 aromatic rings. The van der Waals surface area contributed by atoms with E-state index in [4.69, 9.17) is 9.47 Å². The number of ether oxygens (including phenoxy) is 2. The van der Waals surface area contributed by atoms with Crippen molar-refractivity contribution in [1.82, 2.24) is 0 Å². The van der Waals surface area contributed by atoms with Gasteiger partial charge in [-0.05, 0) is 96.5 Å². The lowest BCUT2D eigenvalue weighted by molar-refractivity contribution is -0.313. The molecule has 0 atom stereocenters. The monoisotopic (exact) mass is 589 g/mol. The summed E-state index contributed by atoms with van der Waals surface area (Å²) in [5.74, 6) is -0.0419. The molecule has 4 bridgehead atoms. The first-order valence-corrected chi connectivity index (χ1v) is 15.3. The maximum absolute atomic E-state index is 13.4. The third-order valence-corrected chi connectivity index (χ3v) is 10.5. The van der Waals surface area contributed by atoms with E-state index in [1.165, 1.54) is 28.4 Å². The lowest BCUT2D eigenvalue weighted by Crippen LogP contribution is -2.63. The van der Waals surface area contributed by atoms with Crippen molar-refractivity contribution in [3.8, 4) is 0 Å². The molecule has 6 aliphatic rings. The van der Waals surface area contributed by atoms with E-state index < -0.39 is 17.7 Å². The standard InChI is InChI=1S/C33H36BrNO4/c1-18(2)17-35-27-9-5-21-16-24(34)6-7-25(21)29(27)32(3,4)28(35)10-8-26-30(36)38-33(39-31(26)37)22-12-19-11-20(14-22)15-23(33)13-19/h5-10,16,18-20,22-23H,11-15,17H2,1-4H3. The Morgan fingerprint density at radius 2 is 1.59 bits per heavy atom. The molecule has 5 nitrogen and oxygen atoms in total. The zero-order valence-electron chi connectivity index (χ0n) is 23.1. The number of hydrogen-bond acceptors (Lipinski definition) is 5. The number of carbonyl (C=O) groups is 2. The zero-order valence-corrected chi connectivity index (χ0v) is 24.7. The minimum Gasteiger partial charge on any atom is -0.418 e. The van der Waals surface area contributed by atoms with Crippen molar-refractivity contribution in [3.63, 3.8) is 0 Å². The van der Waals surface area contributed by atoms with E-state index in [1.54, 1.807) is 6.08 Å². The van der Waals surface area contributed by atoms with Gasteiger partial charge in [0.15, 0.2) is 0 Å². The van der Waals surface area contributed by atoms with Gasteiger partial charge in [0.05, 0.1) is 0 Å². The summed E-state index contributed by atoms with van der Waals surface area (Å²) in [5, 5.41) is 2.39. The number of rotatable bonds is 3. The Morgan fingerprint density at radius 1 is 0.949 bits per heavy atom. The minimum atomic E-state index is -1.05. The van der Waals surface area contributed by atoms with Gasteiger partial charge in [0, 0.05) is 39.7 Å². The molecule has 2 aromatic carbocycles. The van der Waals surface area contributed by atoms with E-state index in [1.807, 2.05) is 6.08 Å². The Balaban J connectivity index is 1.26. The van der Waals surface area contributed by atoms with Gasteiger partial charge in [0.25, 0.3) is 5.79 Å². The molecule has 0 N–H and O–H groups in total. The van der Waals surface area contributed by atoms with E-state index >= 15 is 0 Å². The van der Waals surface area contributed by atoms with Crippen LogP contribution in [-0.4, -0.2) is 24.3 Å². The van der Waals surface area contributed by atoms with Gasteiger partial charge in [-0.15, -0.1) is 0 Å². The van der Waals surface area contributed by atoms with Crippen LogP contribution < -0.4 is 4.90 Å². The predicted molar refractivity (Wildman–Crippen MR) is 155 cm³/mol. The SMILES string of the molecule is CC(C)CN1C(=CC=C2C(=O)OC3(OC2=O)C2CC4CC(C2)CC3C4)C(C)(C)c2c1ccc1cc(Br)ccc21. The van der Waals surface area contributed by atoms with Crippen LogP contribution in [0.3, 0.4) is 0 Å². The molecule has 5 fully saturated rings. The van der Waals surface area contributed by atoms with Crippen molar-refractivity contribution in [2.45, 2.75) is 71.0 Å². The van der Waals surface area contributed by atoms with Crippen LogP contribution in [0.15, 0.2) is 58.2 Å². The average molecular weight is 591 g/mol. The summed E-state index contributed by atoms with van der Waals surface area (Å²) in [6.07, 6.45) is 8.86. The molecule has 0 aromatic heterocycles. The first-order valence-electron chi connectivity index (χ1n) is 14.5. The molecule has 0 radical (unpaired) electrons. The zero-order chi connectivity index (χ0) is 27.3. The van der Waals surface area contributed by atoms with E-state index in [9.17, 15) is 9.59 Å². The van der Waals surface area contributed by atoms with Crippen molar-refractivity contribution >= 4 is 44.3 Å². The summed E-state index contributed by atoms with van der Waals surface area (Å²) in [6.45, 7) is 9.69. The van der Waals surface area contributed by atoms with E-state index in [2.05, 4.69) is 78.9 Å². The summed E-state index contributed by atoms with van der Waals surface area (Å²) in [4.78, 5) is 29.2. The molecule has 4 saturated carbocycles. The Kier molecular flexibility index (Phi) is 5.66. The van der Waals surface area contributed by atoms with Gasteiger partial charge in [0.2, 0.25) is 0 Å². The number of benzene rings is 2. The van der Waals surface area contributed by atoms with E-state index in [-0.39, 0.29) is 22.8 Å². The first kappa shape index (κ1) is 25.4. The summed E-state index contributed by atoms with van der Waals surface area (Å²) in [5.41, 5.74) is 3.16. The quantitative estimate of drug-likeness (QED) is 0.212. The number of nitrogens with zero attached hydrogens (tertiary/aromatic N) is 1. The van der Waals surface area contributed by atoms with Gasteiger partial charge in [-0.3, -0.25) is 0 Å². The molecule has 1 saturated heterocycles. The molecule has 0 unspecified atom stereocenters. The number of halogens is 1. The Morgan fingerprint density at radius 3 is 2.21 bits per heavy atom. The van der Waals surface area contributed by atoms with E-state index in [0.717, 1.165) is 42.4 Å². The van der Waals surface area contributed by atoms with Crippen LogP contribution in [0.25, 0.3) is 10.8 Å².